The van der Waals surface area contributed by atoms with Gasteiger partial charge in [-0.15, -0.1) is 0 Å². The van der Waals surface area contributed by atoms with Gasteiger partial charge in [-0.1, -0.05) is 6.07 Å². The van der Waals surface area contributed by atoms with E-state index in [9.17, 15) is 23.3 Å². The summed E-state index contributed by atoms with van der Waals surface area (Å²) in [5.74, 6) is 0. The van der Waals surface area contributed by atoms with Gasteiger partial charge in [0, 0.05) is 12.3 Å². The van der Waals surface area contributed by atoms with Gasteiger partial charge in [-0.2, -0.15) is 13.2 Å². The van der Waals surface area contributed by atoms with Gasteiger partial charge in [-0.25, -0.2) is 0 Å². The third-order valence-electron chi connectivity index (χ3n) is 2.61. The molecule has 2 aromatic rings. The Kier molecular flexibility index (Phi) is 3.31. The van der Waals surface area contributed by atoms with Gasteiger partial charge in [0.25, 0.3) is 5.69 Å². The van der Waals surface area contributed by atoms with Crippen molar-refractivity contribution in [1.82, 2.24) is 4.98 Å². The van der Waals surface area contributed by atoms with Gasteiger partial charge in [0.2, 0.25) is 0 Å². The Morgan fingerprint density at radius 2 is 1.80 bits per heavy atom. The number of benzene rings is 1. The van der Waals surface area contributed by atoms with E-state index >= 15 is 0 Å². The molecule has 0 aliphatic carbocycles. The molecule has 0 fully saturated rings. The van der Waals surface area contributed by atoms with Crippen LogP contribution < -0.4 is 5.73 Å². The van der Waals surface area contributed by atoms with Crippen molar-refractivity contribution >= 4 is 11.4 Å². The summed E-state index contributed by atoms with van der Waals surface area (Å²) in [6.07, 6.45) is -3.57. The highest BCUT2D eigenvalue weighted by Gasteiger charge is 2.32. The quantitative estimate of drug-likeness (QED) is 0.521. The minimum Gasteiger partial charge on any atom is -0.393 e. The first-order valence-corrected chi connectivity index (χ1v) is 5.36. The predicted molar refractivity (Wildman–Crippen MR) is 65.7 cm³/mol. The summed E-state index contributed by atoms with van der Waals surface area (Å²) in [5, 5.41) is 10.8. The molecular weight excluding hydrogens is 275 g/mol. The van der Waals surface area contributed by atoms with Crippen molar-refractivity contribution in [1.29, 1.82) is 0 Å². The van der Waals surface area contributed by atoms with Gasteiger partial charge in [0.05, 0.1) is 4.92 Å². The molecule has 20 heavy (non-hydrogen) atoms. The number of nitro groups is 1. The molecule has 0 spiro atoms. The standard InChI is InChI=1S/C12H8F3N3O2/c13-12(14,15)11-6-8(3-4-17-11)7-1-2-9(16)10(5-7)18(19)20/h1-6H,16H2. The van der Waals surface area contributed by atoms with Crippen molar-refractivity contribution in [3.8, 4) is 11.1 Å². The lowest BCUT2D eigenvalue weighted by Crippen LogP contribution is -2.07. The zero-order chi connectivity index (χ0) is 14.9. The topological polar surface area (TPSA) is 82.0 Å². The molecule has 0 aliphatic rings. The second kappa shape index (κ2) is 4.80. The van der Waals surface area contributed by atoms with Gasteiger partial charge in [-0.3, -0.25) is 15.1 Å². The molecule has 1 aromatic heterocycles. The third kappa shape index (κ3) is 2.68. The molecule has 0 saturated carbocycles. The van der Waals surface area contributed by atoms with Crippen LogP contribution in [0.15, 0.2) is 36.5 Å². The minimum absolute atomic E-state index is 0.0520. The molecule has 0 atom stereocenters. The van der Waals surface area contributed by atoms with Crippen molar-refractivity contribution in [2.24, 2.45) is 0 Å². The zero-order valence-electron chi connectivity index (χ0n) is 9.89. The molecule has 1 aromatic carbocycles. The Morgan fingerprint density at radius 3 is 2.40 bits per heavy atom. The second-order valence-corrected chi connectivity index (χ2v) is 3.96. The fourth-order valence-electron chi connectivity index (χ4n) is 1.65. The van der Waals surface area contributed by atoms with Crippen molar-refractivity contribution in [2.45, 2.75) is 6.18 Å². The molecule has 0 radical (unpaired) electrons. The maximum Gasteiger partial charge on any atom is 0.433 e. The number of nitro benzene ring substituents is 1. The molecule has 8 heteroatoms. The number of nitrogens with two attached hydrogens (primary N) is 1. The number of anilines is 1. The van der Waals surface area contributed by atoms with E-state index in [2.05, 4.69) is 4.98 Å². The van der Waals surface area contributed by atoms with E-state index in [4.69, 9.17) is 5.73 Å². The molecule has 104 valence electrons. The van der Waals surface area contributed by atoms with Crippen LogP contribution in [0.4, 0.5) is 24.5 Å². The van der Waals surface area contributed by atoms with E-state index in [1.807, 2.05) is 0 Å². The monoisotopic (exact) mass is 283 g/mol. The summed E-state index contributed by atoms with van der Waals surface area (Å²) in [6, 6.07) is 5.99. The van der Waals surface area contributed by atoms with Crippen LogP contribution in [0.1, 0.15) is 5.69 Å². The van der Waals surface area contributed by atoms with Gasteiger partial charge in [0.1, 0.15) is 11.4 Å². The van der Waals surface area contributed by atoms with Crippen LogP contribution in [-0.4, -0.2) is 9.91 Å². The predicted octanol–water partition coefficient (Wildman–Crippen LogP) is 3.26. The molecule has 0 amide bonds. The largest absolute Gasteiger partial charge is 0.433 e. The van der Waals surface area contributed by atoms with Gasteiger partial charge < -0.3 is 5.73 Å². The SMILES string of the molecule is Nc1ccc(-c2ccnc(C(F)(F)F)c2)cc1[N+](=O)[O-]. The van der Waals surface area contributed by atoms with Crippen molar-refractivity contribution < 1.29 is 18.1 Å². The van der Waals surface area contributed by atoms with Crippen LogP contribution in [0.2, 0.25) is 0 Å². The first-order valence-electron chi connectivity index (χ1n) is 5.36. The summed E-state index contributed by atoms with van der Waals surface area (Å²) in [5.41, 5.74) is 4.41. The smallest absolute Gasteiger partial charge is 0.393 e. The molecule has 5 nitrogen and oxygen atoms in total. The highest BCUT2D eigenvalue weighted by Crippen LogP contribution is 2.32. The van der Waals surface area contributed by atoms with Crippen LogP contribution in [0.3, 0.4) is 0 Å². The Hall–Kier alpha value is -2.64. The average Bonchev–Trinajstić information content (AvgIpc) is 2.38. The lowest BCUT2D eigenvalue weighted by Gasteiger charge is -2.08. The number of aromatic nitrogens is 1. The Bertz CT molecular complexity index is 671. The van der Waals surface area contributed by atoms with Crippen molar-refractivity contribution in [3.63, 3.8) is 0 Å². The fraction of sp³-hybridized carbons (Fsp3) is 0.0833. The van der Waals surface area contributed by atoms with Crippen LogP contribution in [0.5, 0.6) is 0 Å². The van der Waals surface area contributed by atoms with E-state index in [0.29, 0.717) is 0 Å². The van der Waals surface area contributed by atoms with E-state index in [-0.39, 0.29) is 22.5 Å². The second-order valence-electron chi connectivity index (χ2n) is 3.96. The van der Waals surface area contributed by atoms with Crippen molar-refractivity contribution in [2.75, 3.05) is 5.73 Å². The zero-order valence-corrected chi connectivity index (χ0v) is 9.89. The highest BCUT2D eigenvalue weighted by atomic mass is 19.4. The number of hydrogen-bond donors (Lipinski definition) is 1. The number of alkyl halides is 3. The first kappa shape index (κ1) is 13.8. The Morgan fingerprint density at radius 1 is 1.15 bits per heavy atom. The number of nitrogen functional groups attached to an aromatic ring is 1. The van der Waals surface area contributed by atoms with Crippen LogP contribution >= 0.6 is 0 Å². The molecule has 0 aliphatic heterocycles. The van der Waals surface area contributed by atoms with Gasteiger partial charge >= 0.3 is 6.18 Å². The highest BCUT2D eigenvalue weighted by molar-refractivity contribution is 5.72. The normalized spacial score (nSPS) is 11.3. The minimum atomic E-state index is -4.57. The van der Waals surface area contributed by atoms with E-state index in [0.717, 1.165) is 18.3 Å². The average molecular weight is 283 g/mol. The molecule has 2 rings (SSSR count). The van der Waals surface area contributed by atoms with Crippen LogP contribution in [-0.2, 0) is 6.18 Å². The van der Waals surface area contributed by atoms with Crippen LogP contribution in [0.25, 0.3) is 11.1 Å². The number of hydrogen-bond acceptors (Lipinski definition) is 4. The molecule has 0 saturated heterocycles. The summed E-state index contributed by atoms with van der Waals surface area (Å²) < 4.78 is 37.7. The maximum atomic E-state index is 12.6. The summed E-state index contributed by atoms with van der Waals surface area (Å²) in [7, 11) is 0. The lowest BCUT2D eigenvalue weighted by atomic mass is 10.0. The summed E-state index contributed by atoms with van der Waals surface area (Å²) >= 11 is 0. The lowest BCUT2D eigenvalue weighted by molar-refractivity contribution is -0.383. The number of nitrogens with zero attached hydrogens (tertiary/aromatic N) is 2. The van der Waals surface area contributed by atoms with E-state index in [1.54, 1.807) is 0 Å². The number of pyridine rings is 1. The Labute approximate surface area is 111 Å². The molecule has 0 unspecified atom stereocenters. The summed E-state index contributed by atoms with van der Waals surface area (Å²) in [6.45, 7) is 0. The Balaban J connectivity index is 2.52. The number of halogens is 3. The van der Waals surface area contributed by atoms with E-state index in [1.165, 1.54) is 18.2 Å². The summed E-state index contributed by atoms with van der Waals surface area (Å²) in [4.78, 5) is 13.3. The molecule has 2 N–H and O–H groups in total. The fourth-order valence-corrected chi connectivity index (χ4v) is 1.65. The third-order valence-corrected chi connectivity index (χ3v) is 2.61. The molecule has 1 heterocycles. The van der Waals surface area contributed by atoms with Gasteiger partial charge in [-0.05, 0) is 29.3 Å². The molecule has 0 bridgehead atoms. The maximum absolute atomic E-state index is 12.6. The van der Waals surface area contributed by atoms with Gasteiger partial charge in [0.15, 0.2) is 0 Å². The van der Waals surface area contributed by atoms with Crippen molar-refractivity contribution in [3.05, 3.63) is 52.3 Å². The first-order chi connectivity index (χ1) is 9.29. The van der Waals surface area contributed by atoms with Crippen LogP contribution in [0, 0.1) is 10.1 Å². The van der Waals surface area contributed by atoms with E-state index < -0.39 is 16.8 Å². The molecular formula is C12H8F3N3O2. The number of rotatable bonds is 2.